The molecular formula is C15H21NO. The van der Waals surface area contributed by atoms with Crippen molar-refractivity contribution in [2.45, 2.75) is 32.2 Å². The molecule has 0 aromatic heterocycles. The van der Waals surface area contributed by atoms with E-state index in [1.54, 1.807) is 0 Å². The lowest BCUT2D eigenvalue weighted by molar-refractivity contribution is 0.200. The third kappa shape index (κ3) is 2.00. The Hall–Kier alpha value is -0.860. The fraction of sp³-hybridized carbons (Fsp3) is 0.600. The second-order valence-electron chi connectivity index (χ2n) is 5.90. The van der Waals surface area contributed by atoms with Gasteiger partial charge in [0.15, 0.2) is 0 Å². The van der Waals surface area contributed by atoms with Crippen molar-refractivity contribution in [3.8, 4) is 0 Å². The predicted octanol–water partition coefficient (Wildman–Crippen LogP) is 2.28. The summed E-state index contributed by atoms with van der Waals surface area (Å²) in [6, 6.07) is 9.23. The summed E-state index contributed by atoms with van der Waals surface area (Å²) in [6.07, 6.45) is 3.54. The van der Waals surface area contributed by atoms with E-state index in [0.29, 0.717) is 18.6 Å². The smallest absolute Gasteiger partial charge is 0.0499 e. The number of nitrogens with one attached hydrogen (secondary N) is 1. The quantitative estimate of drug-likeness (QED) is 0.833. The average molecular weight is 231 g/mol. The number of aliphatic hydroxyl groups is 1. The lowest BCUT2D eigenvalue weighted by atomic mass is 10.0. The number of hydrogen-bond acceptors (Lipinski definition) is 2. The van der Waals surface area contributed by atoms with Crippen molar-refractivity contribution in [1.82, 2.24) is 5.32 Å². The second-order valence-corrected chi connectivity index (χ2v) is 5.90. The fourth-order valence-corrected chi connectivity index (χ4v) is 3.00. The van der Waals surface area contributed by atoms with E-state index in [1.165, 1.54) is 30.4 Å². The minimum atomic E-state index is 0.206. The molecule has 2 N–H and O–H groups in total. The Balaban J connectivity index is 1.71. The summed E-state index contributed by atoms with van der Waals surface area (Å²) in [6.45, 7) is 3.62. The molecule has 1 aromatic carbocycles. The van der Waals surface area contributed by atoms with Crippen LogP contribution in [0.4, 0.5) is 0 Å². The van der Waals surface area contributed by atoms with Gasteiger partial charge in [0.1, 0.15) is 0 Å². The first-order chi connectivity index (χ1) is 8.24. The van der Waals surface area contributed by atoms with Crippen LogP contribution in [0.15, 0.2) is 24.3 Å². The molecule has 2 unspecified atom stereocenters. The SMILES string of the molecule is CC1Cc2ccccc2C1NCC1(CO)CC1. The maximum Gasteiger partial charge on any atom is 0.0499 e. The summed E-state index contributed by atoms with van der Waals surface area (Å²) in [5.41, 5.74) is 3.16. The van der Waals surface area contributed by atoms with Gasteiger partial charge in [-0.1, -0.05) is 31.2 Å². The number of rotatable bonds is 4. The summed E-state index contributed by atoms with van der Waals surface area (Å²) in [5, 5.41) is 13.0. The Morgan fingerprint density at radius 3 is 2.82 bits per heavy atom. The standard InChI is InChI=1S/C15H21NO/c1-11-8-12-4-2-3-5-13(12)14(11)16-9-15(10-17)6-7-15/h2-5,11,14,16-17H,6-10H2,1H3. The summed E-state index contributed by atoms with van der Waals surface area (Å²) in [4.78, 5) is 0. The lowest BCUT2D eigenvalue weighted by Crippen LogP contribution is -2.31. The molecule has 2 heteroatoms. The van der Waals surface area contributed by atoms with Gasteiger partial charge < -0.3 is 10.4 Å². The Morgan fingerprint density at radius 2 is 2.12 bits per heavy atom. The lowest BCUT2D eigenvalue weighted by Gasteiger charge is -2.22. The van der Waals surface area contributed by atoms with Crippen LogP contribution >= 0.6 is 0 Å². The van der Waals surface area contributed by atoms with Crippen LogP contribution in [0.1, 0.15) is 36.9 Å². The molecule has 1 saturated carbocycles. The van der Waals surface area contributed by atoms with Crippen molar-refractivity contribution in [3.05, 3.63) is 35.4 Å². The number of benzene rings is 1. The maximum absolute atomic E-state index is 9.35. The van der Waals surface area contributed by atoms with Gasteiger partial charge in [-0.15, -0.1) is 0 Å². The van der Waals surface area contributed by atoms with Gasteiger partial charge in [0.05, 0.1) is 0 Å². The van der Waals surface area contributed by atoms with Gasteiger partial charge in [-0.05, 0) is 36.3 Å². The monoisotopic (exact) mass is 231 g/mol. The van der Waals surface area contributed by atoms with Gasteiger partial charge in [-0.3, -0.25) is 0 Å². The van der Waals surface area contributed by atoms with E-state index in [4.69, 9.17) is 0 Å². The number of aliphatic hydroxyl groups excluding tert-OH is 1. The van der Waals surface area contributed by atoms with Crippen LogP contribution in [-0.2, 0) is 6.42 Å². The third-order valence-corrected chi connectivity index (χ3v) is 4.49. The summed E-state index contributed by atoms with van der Waals surface area (Å²) >= 11 is 0. The molecule has 2 nitrogen and oxygen atoms in total. The highest BCUT2D eigenvalue weighted by Crippen LogP contribution is 2.45. The van der Waals surface area contributed by atoms with Gasteiger partial charge in [-0.25, -0.2) is 0 Å². The van der Waals surface area contributed by atoms with E-state index in [0.717, 1.165) is 6.54 Å². The third-order valence-electron chi connectivity index (χ3n) is 4.49. The summed E-state index contributed by atoms with van der Waals surface area (Å²) in [7, 11) is 0. The average Bonchev–Trinajstić information content (AvgIpc) is 3.05. The predicted molar refractivity (Wildman–Crippen MR) is 68.8 cm³/mol. The zero-order chi connectivity index (χ0) is 11.9. The molecule has 3 rings (SSSR count). The second kappa shape index (κ2) is 4.11. The van der Waals surface area contributed by atoms with E-state index < -0.39 is 0 Å². The van der Waals surface area contributed by atoms with E-state index >= 15 is 0 Å². The van der Waals surface area contributed by atoms with Crippen molar-refractivity contribution < 1.29 is 5.11 Å². The molecule has 0 heterocycles. The van der Waals surface area contributed by atoms with Crippen LogP contribution in [0.3, 0.4) is 0 Å². The summed E-state index contributed by atoms with van der Waals surface area (Å²) < 4.78 is 0. The van der Waals surface area contributed by atoms with Crippen LogP contribution in [-0.4, -0.2) is 18.3 Å². The van der Waals surface area contributed by atoms with E-state index in [1.807, 2.05) is 0 Å². The molecule has 2 aliphatic rings. The molecule has 0 saturated heterocycles. The molecule has 92 valence electrons. The van der Waals surface area contributed by atoms with Crippen LogP contribution in [0.25, 0.3) is 0 Å². The molecule has 0 amide bonds. The molecule has 17 heavy (non-hydrogen) atoms. The van der Waals surface area contributed by atoms with Crippen LogP contribution in [0, 0.1) is 11.3 Å². The van der Waals surface area contributed by atoms with Crippen LogP contribution < -0.4 is 5.32 Å². The molecule has 2 aliphatic carbocycles. The first-order valence-electron chi connectivity index (χ1n) is 6.66. The Morgan fingerprint density at radius 1 is 1.35 bits per heavy atom. The van der Waals surface area contributed by atoms with Crippen molar-refractivity contribution in [2.24, 2.45) is 11.3 Å². The molecular weight excluding hydrogens is 210 g/mol. The molecule has 0 aliphatic heterocycles. The zero-order valence-corrected chi connectivity index (χ0v) is 10.4. The highest BCUT2D eigenvalue weighted by molar-refractivity contribution is 5.35. The topological polar surface area (TPSA) is 32.3 Å². The summed E-state index contributed by atoms with van der Waals surface area (Å²) in [5.74, 6) is 0.668. The van der Waals surface area contributed by atoms with Crippen molar-refractivity contribution in [1.29, 1.82) is 0 Å². The van der Waals surface area contributed by atoms with Crippen LogP contribution in [0.2, 0.25) is 0 Å². The minimum absolute atomic E-state index is 0.206. The van der Waals surface area contributed by atoms with Gasteiger partial charge in [-0.2, -0.15) is 0 Å². The van der Waals surface area contributed by atoms with E-state index in [9.17, 15) is 5.11 Å². The fourth-order valence-electron chi connectivity index (χ4n) is 3.00. The largest absolute Gasteiger partial charge is 0.396 e. The molecule has 0 spiro atoms. The Bertz CT molecular complexity index is 411. The first-order valence-corrected chi connectivity index (χ1v) is 6.66. The zero-order valence-electron chi connectivity index (χ0n) is 10.4. The van der Waals surface area contributed by atoms with Crippen molar-refractivity contribution >= 4 is 0 Å². The van der Waals surface area contributed by atoms with E-state index in [-0.39, 0.29) is 5.41 Å². The van der Waals surface area contributed by atoms with E-state index in [2.05, 4.69) is 36.5 Å². The number of hydrogen-bond donors (Lipinski definition) is 2. The van der Waals surface area contributed by atoms with Gasteiger partial charge in [0, 0.05) is 24.6 Å². The first kappa shape index (κ1) is 11.2. The van der Waals surface area contributed by atoms with Gasteiger partial charge in [0.2, 0.25) is 0 Å². The Labute approximate surface area is 103 Å². The van der Waals surface area contributed by atoms with Crippen molar-refractivity contribution in [3.63, 3.8) is 0 Å². The molecule has 1 fully saturated rings. The Kier molecular flexibility index (Phi) is 2.72. The minimum Gasteiger partial charge on any atom is -0.396 e. The van der Waals surface area contributed by atoms with Crippen molar-refractivity contribution in [2.75, 3.05) is 13.2 Å². The highest BCUT2D eigenvalue weighted by Gasteiger charge is 2.42. The molecule has 2 atom stereocenters. The molecule has 1 aromatic rings. The normalized spacial score (nSPS) is 29.1. The van der Waals surface area contributed by atoms with Gasteiger partial charge in [0.25, 0.3) is 0 Å². The van der Waals surface area contributed by atoms with Gasteiger partial charge >= 0.3 is 0 Å². The highest BCUT2D eigenvalue weighted by atomic mass is 16.3. The number of fused-ring (bicyclic) bond motifs is 1. The molecule has 0 bridgehead atoms. The maximum atomic E-state index is 9.35. The molecule has 0 radical (unpaired) electrons. The van der Waals surface area contributed by atoms with Crippen LogP contribution in [0.5, 0.6) is 0 Å².